The SMILES string of the molecule is CC(N)CCCC(C)C(=O)N1CCC(C)(C(=O)O)C1. The van der Waals surface area contributed by atoms with Crippen LogP contribution in [0.1, 0.15) is 46.5 Å². The minimum Gasteiger partial charge on any atom is -0.481 e. The number of hydrogen-bond acceptors (Lipinski definition) is 3. The molecular weight excluding hydrogens is 244 g/mol. The number of carbonyl (C=O) groups excluding carboxylic acids is 1. The van der Waals surface area contributed by atoms with E-state index in [0.29, 0.717) is 19.5 Å². The summed E-state index contributed by atoms with van der Waals surface area (Å²) in [6, 6.07) is 0.171. The summed E-state index contributed by atoms with van der Waals surface area (Å²) in [7, 11) is 0. The second kappa shape index (κ2) is 6.37. The Kier molecular flexibility index (Phi) is 5.35. The lowest BCUT2D eigenvalue weighted by Gasteiger charge is -2.23. The van der Waals surface area contributed by atoms with Crippen LogP contribution in [0.5, 0.6) is 0 Å². The maximum Gasteiger partial charge on any atom is 0.311 e. The number of aliphatic carboxylic acids is 1. The Hall–Kier alpha value is -1.10. The molecule has 1 rings (SSSR count). The fraction of sp³-hybridized carbons (Fsp3) is 0.857. The standard InChI is InChI=1S/C14H26N2O3/c1-10(5-4-6-11(2)15)12(17)16-8-7-14(3,9-16)13(18)19/h10-11H,4-9,15H2,1-3H3,(H,18,19). The van der Waals surface area contributed by atoms with Crippen LogP contribution in [-0.4, -0.2) is 41.0 Å². The molecule has 19 heavy (non-hydrogen) atoms. The number of carboxylic acid groups (broad SMARTS) is 1. The summed E-state index contributed by atoms with van der Waals surface area (Å²) in [5.41, 5.74) is 4.91. The molecule has 5 nitrogen and oxygen atoms in total. The van der Waals surface area contributed by atoms with Gasteiger partial charge in [-0.25, -0.2) is 0 Å². The summed E-state index contributed by atoms with van der Waals surface area (Å²) in [6.45, 7) is 6.48. The van der Waals surface area contributed by atoms with Gasteiger partial charge in [0.2, 0.25) is 5.91 Å². The highest BCUT2D eigenvalue weighted by atomic mass is 16.4. The van der Waals surface area contributed by atoms with Crippen LogP contribution >= 0.6 is 0 Å². The molecule has 1 amide bonds. The van der Waals surface area contributed by atoms with E-state index in [2.05, 4.69) is 0 Å². The van der Waals surface area contributed by atoms with E-state index in [9.17, 15) is 9.59 Å². The molecule has 1 aliphatic rings. The molecular formula is C14H26N2O3. The van der Waals surface area contributed by atoms with Gasteiger partial charge in [0.15, 0.2) is 0 Å². The van der Waals surface area contributed by atoms with E-state index in [4.69, 9.17) is 10.8 Å². The number of amides is 1. The second-order valence-corrected chi connectivity index (χ2v) is 6.18. The summed E-state index contributed by atoms with van der Waals surface area (Å²) in [6.07, 6.45) is 3.22. The normalized spacial score (nSPS) is 26.2. The Bertz CT molecular complexity index is 344. The van der Waals surface area contributed by atoms with Crippen LogP contribution in [-0.2, 0) is 9.59 Å². The Morgan fingerprint density at radius 1 is 1.37 bits per heavy atom. The highest BCUT2D eigenvalue weighted by Gasteiger charge is 2.42. The number of hydrogen-bond donors (Lipinski definition) is 2. The van der Waals surface area contributed by atoms with Crippen LogP contribution in [0.15, 0.2) is 0 Å². The molecule has 0 aromatic heterocycles. The van der Waals surface area contributed by atoms with Gasteiger partial charge in [-0.15, -0.1) is 0 Å². The van der Waals surface area contributed by atoms with Crippen molar-refractivity contribution >= 4 is 11.9 Å². The van der Waals surface area contributed by atoms with Gasteiger partial charge in [0.05, 0.1) is 5.41 Å². The summed E-state index contributed by atoms with van der Waals surface area (Å²) < 4.78 is 0. The molecule has 110 valence electrons. The minimum absolute atomic E-state index is 0.0464. The van der Waals surface area contributed by atoms with Gasteiger partial charge in [0.25, 0.3) is 0 Å². The Morgan fingerprint density at radius 3 is 2.47 bits per heavy atom. The third-order valence-corrected chi connectivity index (χ3v) is 4.02. The lowest BCUT2D eigenvalue weighted by Crippen LogP contribution is -2.37. The zero-order valence-corrected chi connectivity index (χ0v) is 12.2. The topological polar surface area (TPSA) is 83.6 Å². The first-order chi connectivity index (χ1) is 8.76. The van der Waals surface area contributed by atoms with Crippen molar-refractivity contribution in [2.24, 2.45) is 17.1 Å². The molecule has 3 unspecified atom stereocenters. The van der Waals surface area contributed by atoms with E-state index in [1.807, 2.05) is 13.8 Å². The molecule has 1 aliphatic heterocycles. The first-order valence-corrected chi connectivity index (χ1v) is 7.04. The smallest absolute Gasteiger partial charge is 0.311 e. The van der Waals surface area contributed by atoms with Gasteiger partial charge in [0, 0.05) is 25.0 Å². The molecule has 1 saturated heterocycles. The summed E-state index contributed by atoms with van der Waals surface area (Å²) >= 11 is 0. The molecule has 0 aromatic rings. The second-order valence-electron chi connectivity index (χ2n) is 6.18. The minimum atomic E-state index is -0.813. The molecule has 0 aromatic carbocycles. The van der Waals surface area contributed by atoms with Crippen molar-refractivity contribution in [1.82, 2.24) is 4.90 Å². The van der Waals surface area contributed by atoms with Crippen LogP contribution in [0.25, 0.3) is 0 Å². The Morgan fingerprint density at radius 2 is 2.00 bits per heavy atom. The van der Waals surface area contributed by atoms with Crippen molar-refractivity contribution in [3.05, 3.63) is 0 Å². The third-order valence-electron chi connectivity index (χ3n) is 4.02. The molecule has 0 saturated carbocycles. The molecule has 5 heteroatoms. The highest BCUT2D eigenvalue weighted by molar-refractivity contribution is 5.81. The zero-order chi connectivity index (χ0) is 14.6. The average Bonchev–Trinajstić information content (AvgIpc) is 2.71. The molecule has 0 spiro atoms. The number of nitrogens with two attached hydrogens (primary N) is 1. The van der Waals surface area contributed by atoms with Crippen LogP contribution in [0.3, 0.4) is 0 Å². The van der Waals surface area contributed by atoms with Crippen LogP contribution in [0.2, 0.25) is 0 Å². The van der Waals surface area contributed by atoms with E-state index < -0.39 is 11.4 Å². The molecule has 1 heterocycles. The lowest BCUT2D eigenvalue weighted by molar-refractivity contribution is -0.147. The number of likely N-dealkylation sites (tertiary alicyclic amines) is 1. The van der Waals surface area contributed by atoms with Gasteiger partial charge < -0.3 is 15.7 Å². The van der Waals surface area contributed by atoms with Crippen LogP contribution < -0.4 is 5.73 Å². The van der Waals surface area contributed by atoms with Crippen molar-refractivity contribution in [2.75, 3.05) is 13.1 Å². The van der Waals surface area contributed by atoms with Gasteiger partial charge in [0.1, 0.15) is 0 Å². The molecule has 0 aliphatic carbocycles. The summed E-state index contributed by atoms with van der Waals surface area (Å²) in [5.74, 6) is -0.781. The number of rotatable bonds is 6. The van der Waals surface area contributed by atoms with Gasteiger partial charge in [-0.1, -0.05) is 13.3 Å². The van der Waals surface area contributed by atoms with Crippen molar-refractivity contribution < 1.29 is 14.7 Å². The number of carbonyl (C=O) groups is 2. The number of carboxylic acids is 1. The van der Waals surface area contributed by atoms with E-state index in [1.54, 1.807) is 11.8 Å². The monoisotopic (exact) mass is 270 g/mol. The fourth-order valence-corrected chi connectivity index (χ4v) is 2.50. The van der Waals surface area contributed by atoms with Crippen LogP contribution in [0, 0.1) is 11.3 Å². The molecule has 3 atom stereocenters. The maximum absolute atomic E-state index is 12.2. The van der Waals surface area contributed by atoms with Gasteiger partial charge in [-0.2, -0.15) is 0 Å². The zero-order valence-electron chi connectivity index (χ0n) is 12.2. The number of nitrogens with zero attached hydrogens (tertiary/aromatic N) is 1. The Labute approximate surface area is 115 Å². The van der Waals surface area contributed by atoms with Crippen molar-refractivity contribution in [3.63, 3.8) is 0 Å². The van der Waals surface area contributed by atoms with E-state index in [0.717, 1.165) is 19.3 Å². The predicted octanol–water partition coefficient (Wildman–Crippen LogP) is 1.46. The highest BCUT2D eigenvalue weighted by Crippen LogP contribution is 2.31. The maximum atomic E-state index is 12.2. The van der Waals surface area contributed by atoms with Crippen molar-refractivity contribution in [2.45, 2.75) is 52.5 Å². The predicted molar refractivity (Wildman–Crippen MR) is 73.6 cm³/mol. The van der Waals surface area contributed by atoms with E-state index in [-0.39, 0.29) is 17.9 Å². The molecule has 0 bridgehead atoms. The van der Waals surface area contributed by atoms with Crippen LogP contribution in [0.4, 0.5) is 0 Å². The summed E-state index contributed by atoms with van der Waals surface area (Å²) in [4.78, 5) is 25.1. The van der Waals surface area contributed by atoms with E-state index in [1.165, 1.54) is 0 Å². The van der Waals surface area contributed by atoms with Gasteiger partial charge >= 0.3 is 5.97 Å². The summed E-state index contributed by atoms with van der Waals surface area (Å²) in [5, 5.41) is 9.16. The fourth-order valence-electron chi connectivity index (χ4n) is 2.50. The van der Waals surface area contributed by atoms with E-state index >= 15 is 0 Å². The average molecular weight is 270 g/mol. The quantitative estimate of drug-likeness (QED) is 0.765. The molecule has 0 radical (unpaired) electrons. The third kappa shape index (κ3) is 4.20. The van der Waals surface area contributed by atoms with Crippen molar-refractivity contribution in [1.29, 1.82) is 0 Å². The molecule has 1 fully saturated rings. The van der Waals surface area contributed by atoms with Gasteiger partial charge in [-0.3, -0.25) is 9.59 Å². The molecule has 3 N–H and O–H groups in total. The van der Waals surface area contributed by atoms with Crippen molar-refractivity contribution in [3.8, 4) is 0 Å². The lowest BCUT2D eigenvalue weighted by atomic mass is 9.90. The van der Waals surface area contributed by atoms with Gasteiger partial charge in [-0.05, 0) is 33.1 Å². The first kappa shape index (κ1) is 16.0. The largest absolute Gasteiger partial charge is 0.481 e. The first-order valence-electron chi connectivity index (χ1n) is 7.04. The Balaban J connectivity index is 2.44.